The topological polar surface area (TPSA) is 75.7 Å². The summed E-state index contributed by atoms with van der Waals surface area (Å²) in [6, 6.07) is 5.02. The monoisotopic (exact) mass is 294 g/mol. The lowest BCUT2D eigenvalue weighted by Gasteiger charge is -2.17. The minimum Gasteiger partial charge on any atom is -0.459 e. The Kier molecular flexibility index (Phi) is 4.52. The van der Waals surface area contributed by atoms with E-state index in [0.29, 0.717) is 5.69 Å². The van der Waals surface area contributed by atoms with E-state index < -0.39 is 23.7 Å². The largest absolute Gasteiger partial charge is 0.459 e. The van der Waals surface area contributed by atoms with Gasteiger partial charge >= 0.3 is 11.9 Å². The molecule has 0 aromatic heterocycles. The van der Waals surface area contributed by atoms with Crippen molar-refractivity contribution in [3.05, 3.63) is 30.1 Å². The maximum absolute atomic E-state index is 12.9. The van der Waals surface area contributed by atoms with Crippen molar-refractivity contribution in [3.63, 3.8) is 0 Å². The molecule has 112 valence electrons. The number of benzene rings is 1. The van der Waals surface area contributed by atoms with E-state index in [9.17, 15) is 18.8 Å². The number of halogens is 1. The molecule has 2 amide bonds. The molecule has 0 spiro atoms. The highest BCUT2D eigenvalue weighted by atomic mass is 19.1. The van der Waals surface area contributed by atoms with E-state index in [-0.39, 0.29) is 25.5 Å². The van der Waals surface area contributed by atoms with E-state index in [1.54, 1.807) is 6.92 Å². The number of nitrogens with one attached hydrogen (secondary N) is 1. The van der Waals surface area contributed by atoms with Crippen LogP contribution >= 0.6 is 0 Å². The lowest BCUT2D eigenvalue weighted by Crippen LogP contribution is -2.41. The van der Waals surface area contributed by atoms with Crippen LogP contribution in [0.15, 0.2) is 24.3 Å². The fourth-order valence-corrected chi connectivity index (χ4v) is 2.12. The van der Waals surface area contributed by atoms with Crippen LogP contribution in [0, 0.1) is 5.82 Å². The van der Waals surface area contributed by atoms with Crippen molar-refractivity contribution in [1.29, 1.82) is 0 Å². The summed E-state index contributed by atoms with van der Waals surface area (Å²) in [4.78, 5) is 36.1. The van der Waals surface area contributed by atoms with Crippen molar-refractivity contribution in [3.8, 4) is 0 Å². The average Bonchev–Trinajstić information content (AvgIpc) is 2.80. The summed E-state index contributed by atoms with van der Waals surface area (Å²) in [5, 5.41) is 2.45. The molecule has 1 aromatic rings. The standard InChI is InChI=1S/C14H15FN2O4/c1-2-21-14(20)13(19)16-10-7-12(18)17(8-10)11-5-3-9(15)4-6-11/h3-6,10H,2,7-8H2,1H3,(H,16,19)/t10-/m1/s1. The van der Waals surface area contributed by atoms with Gasteiger partial charge in [0.2, 0.25) is 5.91 Å². The molecule has 0 unspecified atom stereocenters. The van der Waals surface area contributed by atoms with Crippen LogP contribution in [-0.2, 0) is 19.1 Å². The summed E-state index contributed by atoms with van der Waals surface area (Å²) in [6.45, 7) is 1.94. The van der Waals surface area contributed by atoms with E-state index >= 15 is 0 Å². The van der Waals surface area contributed by atoms with Crippen molar-refractivity contribution in [2.45, 2.75) is 19.4 Å². The van der Waals surface area contributed by atoms with E-state index in [1.165, 1.54) is 29.2 Å². The highest BCUT2D eigenvalue weighted by Crippen LogP contribution is 2.21. The molecule has 1 aromatic carbocycles. The second kappa shape index (κ2) is 6.34. The summed E-state index contributed by atoms with van der Waals surface area (Å²) in [6.07, 6.45) is 0.0858. The molecular formula is C14H15FN2O4. The van der Waals surface area contributed by atoms with Crippen LogP contribution in [0.4, 0.5) is 10.1 Å². The molecule has 0 saturated carbocycles. The van der Waals surface area contributed by atoms with Crippen molar-refractivity contribution in [2.24, 2.45) is 0 Å². The van der Waals surface area contributed by atoms with Crippen LogP contribution in [0.2, 0.25) is 0 Å². The fourth-order valence-electron chi connectivity index (χ4n) is 2.12. The van der Waals surface area contributed by atoms with Crippen LogP contribution in [0.3, 0.4) is 0 Å². The zero-order valence-electron chi connectivity index (χ0n) is 11.5. The number of hydrogen-bond acceptors (Lipinski definition) is 4. The van der Waals surface area contributed by atoms with Crippen LogP contribution in [-0.4, -0.2) is 37.0 Å². The lowest BCUT2D eigenvalue weighted by molar-refractivity contribution is -0.154. The van der Waals surface area contributed by atoms with Crippen LogP contribution in [0.25, 0.3) is 0 Å². The number of ether oxygens (including phenoxy) is 1. The van der Waals surface area contributed by atoms with Gasteiger partial charge in [-0.3, -0.25) is 9.59 Å². The Hall–Kier alpha value is -2.44. The average molecular weight is 294 g/mol. The van der Waals surface area contributed by atoms with Crippen LogP contribution < -0.4 is 10.2 Å². The first-order valence-corrected chi connectivity index (χ1v) is 6.54. The van der Waals surface area contributed by atoms with Gasteiger partial charge in [0.15, 0.2) is 0 Å². The number of esters is 1. The number of carbonyl (C=O) groups excluding carboxylic acids is 3. The first kappa shape index (κ1) is 15.0. The number of amides is 2. The summed E-state index contributed by atoms with van der Waals surface area (Å²) in [7, 11) is 0. The molecule has 1 aliphatic rings. The molecule has 1 aliphatic heterocycles. The molecule has 0 radical (unpaired) electrons. The van der Waals surface area contributed by atoms with Crippen molar-refractivity contribution in [1.82, 2.24) is 5.32 Å². The number of carbonyl (C=O) groups is 3. The molecular weight excluding hydrogens is 279 g/mol. The van der Waals surface area contributed by atoms with E-state index in [4.69, 9.17) is 0 Å². The molecule has 2 rings (SSSR count). The zero-order valence-corrected chi connectivity index (χ0v) is 11.5. The molecule has 1 saturated heterocycles. The molecule has 1 atom stereocenters. The highest BCUT2D eigenvalue weighted by molar-refractivity contribution is 6.32. The molecule has 1 fully saturated rings. The van der Waals surface area contributed by atoms with E-state index in [1.807, 2.05) is 0 Å². The quantitative estimate of drug-likeness (QED) is 0.654. The van der Waals surface area contributed by atoms with Crippen LogP contribution in [0.1, 0.15) is 13.3 Å². The first-order valence-electron chi connectivity index (χ1n) is 6.54. The van der Waals surface area contributed by atoms with Gasteiger partial charge < -0.3 is 15.0 Å². The van der Waals surface area contributed by atoms with Crippen molar-refractivity contribution in [2.75, 3.05) is 18.1 Å². The Balaban J connectivity index is 1.98. The summed E-state index contributed by atoms with van der Waals surface area (Å²) in [5.74, 6) is -2.42. The Morgan fingerprint density at radius 1 is 1.38 bits per heavy atom. The van der Waals surface area contributed by atoms with Gasteiger partial charge in [-0.25, -0.2) is 9.18 Å². The van der Waals surface area contributed by atoms with Gasteiger partial charge in [-0.1, -0.05) is 0 Å². The minimum atomic E-state index is -0.967. The van der Waals surface area contributed by atoms with Crippen molar-refractivity contribution >= 4 is 23.5 Å². The second-order valence-corrected chi connectivity index (χ2v) is 4.58. The fraction of sp³-hybridized carbons (Fsp3) is 0.357. The summed E-state index contributed by atoms with van der Waals surface area (Å²) < 4.78 is 17.4. The third-order valence-electron chi connectivity index (χ3n) is 3.06. The first-order chi connectivity index (χ1) is 10.0. The third-order valence-corrected chi connectivity index (χ3v) is 3.06. The second-order valence-electron chi connectivity index (χ2n) is 4.58. The summed E-state index contributed by atoms with van der Waals surface area (Å²) >= 11 is 0. The maximum Gasteiger partial charge on any atom is 0.396 e. The van der Waals surface area contributed by atoms with Gasteiger partial charge in [-0.05, 0) is 31.2 Å². The van der Waals surface area contributed by atoms with Gasteiger partial charge in [0.05, 0.1) is 12.6 Å². The molecule has 1 N–H and O–H groups in total. The normalized spacial score (nSPS) is 17.7. The van der Waals surface area contributed by atoms with Gasteiger partial charge in [-0.2, -0.15) is 0 Å². The number of hydrogen-bond donors (Lipinski definition) is 1. The Bertz CT molecular complexity index is 559. The number of nitrogens with zero attached hydrogens (tertiary/aromatic N) is 1. The van der Waals surface area contributed by atoms with Crippen LogP contribution in [0.5, 0.6) is 0 Å². The zero-order chi connectivity index (χ0) is 15.4. The van der Waals surface area contributed by atoms with Gasteiger partial charge in [0.25, 0.3) is 0 Å². The Morgan fingerprint density at radius 3 is 2.67 bits per heavy atom. The molecule has 0 aliphatic carbocycles. The Labute approximate surface area is 120 Å². The maximum atomic E-state index is 12.9. The molecule has 7 heteroatoms. The third kappa shape index (κ3) is 3.56. The van der Waals surface area contributed by atoms with E-state index in [0.717, 1.165) is 0 Å². The SMILES string of the molecule is CCOC(=O)C(=O)N[C@@H]1CC(=O)N(c2ccc(F)cc2)C1. The molecule has 6 nitrogen and oxygen atoms in total. The molecule has 1 heterocycles. The minimum absolute atomic E-state index is 0.0858. The predicted octanol–water partition coefficient (Wildman–Crippen LogP) is 0.610. The Morgan fingerprint density at radius 2 is 2.05 bits per heavy atom. The summed E-state index contributed by atoms with van der Waals surface area (Å²) in [5.41, 5.74) is 0.550. The van der Waals surface area contributed by atoms with Crippen molar-refractivity contribution < 1.29 is 23.5 Å². The molecule has 21 heavy (non-hydrogen) atoms. The van der Waals surface area contributed by atoms with Gasteiger partial charge in [0.1, 0.15) is 5.82 Å². The van der Waals surface area contributed by atoms with E-state index in [2.05, 4.69) is 10.1 Å². The highest BCUT2D eigenvalue weighted by Gasteiger charge is 2.33. The van der Waals surface area contributed by atoms with Gasteiger partial charge in [0, 0.05) is 18.7 Å². The number of anilines is 1. The smallest absolute Gasteiger partial charge is 0.396 e. The van der Waals surface area contributed by atoms with Gasteiger partial charge in [-0.15, -0.1) is 0 Å². The molecule has 0 bridgehead atoms. The lowest BCUT2D eigenvalue weighted by atomic mass is 10.2. The number of rotatable bonds is 3. The predicted molar refractivity (Wildman–Crippen MR) is 71.9 cm³/mol.